The van der Waals surface area contributed by atoms with E-state index < -0.39 is 0 Å². The molecule has 0 aliphatic heterocycles. The summed E-state index contributed by atoms with van der Waals surface area (Å²) in [4.78, 5) is 12.7. The summed E-state index contributed by atoms with van der Waals surface area (Å²) < 4.78 is 12.2. The minimum absolute atomic E-state index is 0.153. The number of hydrogen-bond donors (Lipinski definition) is 2. The van der Waals surface area contributed by atoms with Crippen LogP contribution in [0.3, 0.4) is 0 Å². The number of phenols is 1. The molecule has 0 radical (unpaired) electrons. The van der Waals surface area contributed by atoms with Crippen molar-refractivity contribution in [3.63, 3.8) is 0 Å². The van der Waals surface area contributed by atoms with Crippen molar-refractivity contribution < 1.29 is 14.0 Å². The van der Waals surface area contributed by atoms with E-state index in [2.05, 4.69) is 18.0 Å². The summed E-state index contributed by atoms with van der Waals surface area (Å²) in [5.41, 5.74) is 1.54. The summed E-state index contributed by atoms with van der Waals surface area (Å²) in [6, 6.07) is 4.88. The first kappa shape index (κ1) is 16.7. The fraction of sp³-hybridized carbons (Fsp3) is 0.412. The zero-order valence-electron chi connectivity index (χ0n) is 13.7. The lowest BCUT2D eigenvalue weighted by Gasteiger charge is -2.15. The number of thiol groups is 1. The Morgan fingerprint density at radius 1 is 1.42 bits per heavy atom. The highest BCUT2D eigenvalue weighted by Gasteiger charge is 2.26. The van der Waals surface area contributed by atoms with Crippen molar-refractivity contribution >= 4 is 12.9 Å². The summed E-state index contributed by atoms with van der Waals surface area (Å²) in [5, 5.41) is 13.9. The largest absolute Gasteiger partial charge is 0.508 e. The van der Waals surface area contributed by atoms with Gasteiger partial charge in [-0.05, 0) is 48.4 Å². The second kappa shape index (κ2) is 6.76. The molecule has 0 atom stereocenters. The first-order valence-electron chi connectivity index (χ1n) is 7.93. The molecule has 7 heteroatoms. The van der Waals surface area contributed by atoms with Gasteiger partial charge in [-0.25, -0.2) is 4.68 Å². The van der Waals surface area contributed by atoms with Crippen LogP contribution in [0.2, 0.25) is 0 Å². The molecule has 2 aromatic rings. The van der Waals surface area contributed by atoms with Crippen LogP contribution in [0.1, 0.15) is 25.3 Å². The van der Waals surface area contributed by atoms with Gasteiger partial charge in [0.15, 0.2) is 0 Å². The predicted octanol–water partition coefficient (Wildman–Crippen LogP) is 2.73. The monoisotopic (exact) mass is 348 g/mol. The van der Waals surface area contributed by atoms with Gasteiger partial charge in [0, 0.05) is 20.0 Å². The molecule has 128 valence electrons. The molecule has 1 saturated carbocycles. The molecule has 24 heavy (non-hydrogen) atoms. The van der Waals surface area contributed by atoms with Gasteiger partial charge in [-0.1, -0.05) is 13.0 Å². The van der Waals surface area contributed by atoms with E-state index in [0.29, 0.717) is 30.1 Å². The van der Waals surface area contributed by atoms with E-state index in [9.17, 15) is 9.90 Å². The maximum Gasteiger partial charge on any atom is 0.278 e. The second-order valence-electron chi connectivity index (χ2n) is 5.98. The Balaban J connectivity index is 2.16. The quantitative estimate of drug-likeness (QED) is 0.620. The van der Waals surface area contributed by atoms with E-state index in [0.717, 1.165) is 18.4 Å². The number of ether oxygens (including phenoxy) is 1. The smallest absolute Gasteiger partial charge is 0.278 e. The second-order valence-corrected chi connectivity index (χ2v) is 6.16. The molecule has 0 bridgehead atoms. The number of rotatable bonds is 6. The Bertz CT molecular complexity index is 815. The predicted molar refractivity (Wildman–Crippen MR) is 93.8 cm³/mol. The van der Waals surface area contributed by atoms with Crippen molar-refractivity contribution in [2.45, 2.75) is 26.2 Å². The van der Waals surface area contributed by atoms with Gasteiger partial charge in [0.2, 0.25) is 5.75 Å². The molecule has 0 unspecified atom stereocenters. The summed E-state index contributed by atoms with van der Waals surface area (Å²) in [5.74, 6) is 1.16. The molecule has 6 nitrogen and oxygen atoms in total. The van der Waals surface area contributed by atoms with Crippen molar-refractivity contribution in [2.75, 3.05) is 6.61 Å². The highest BCUT2D eigenvalue weighted by molar-refractivity contribution is 7.75. The van der Waals surface area contributed by atoms with E-state index in [-0.39, 0.29) is 22.9 Å². The summed E-state index contributed by atoms with van der Waals surface area (Å²) in [6.07, 6.45) is 2.95. The molecular weight excluding hydrogens is 328 g/mol. The first-order chi connectivity index (χ1) is 11.5. The topological polar surface area (TPSA) is 73.6 Å². The molecule has 1 aromatic heterocycles. The van der Waals surface area contributed by atoms with Crippen molar-refractivity contribution in [3.8, 4) is 28.5 Å². The molecule has 0 spiro atoms. The van der Waals surface area contributed by atoms with Gasteiger partial charge in [0.1, 0.15) is 5.75 Å². The van der Waals surface area contributed by atoms with E-state index in [4.69, 9.17) is 8.92 Å². The molecule has 1 aromatic carbocycles. The summed E-state index contributed by atoms with van der Waals surface area (Å²) >= 11 is 3.91. The Morgan fingerprint density at radius 2 is 2.17 bits per heavy atom. The molecule has 1 aliphatic carbocycles. The van der Waals surface area contributed by atoms with Gasteiger partial charge in [-0.2, -0.15) is 0 Å². The summed E-state index contributed by atoms with van der Waals surface area (Å²) in [7, 11) is 1.57. The van der Waals surface area contributed by atoms with Gasteiger partial charge in [0.25, 0.3) is 11.4 Å². The zero-order valence-corrected chi connectivity index (χ0v) is 14.5. The third-order valence-corrected chi connectivity index (χ3v) is 4.34. The fourth-order valence-corrected chi connectivity index (χ4v) is 2.78. The molecule has 3 rings (SSSR count). The number of phenolic OH excluding ortho intramolecular Hbond substituents is 1. The van der Waals surface area contributed by atoms with Crippen molar-refractivity contribution in [1.82, 2.24) is 9.78 Å². The number of nitrogens with zero attached hydrogens (tertiary/aromatic N) is 2. The maximum atomic E-state index is 12.7. The van der Waals surface area contributed by atoms with Crippen LogP contribution in [0.25, 0.3) is 11.1 Å². The van der Waals surface area contributed by atoms with Gasteiger partial charge >= 0.3 is 0 Å². The number of aromatic nitrogens is 2. The van der Waals surface area contributed by atoms with Crippen LogP contribution in [0.4, 0.5) is 0 Å². The molecule has 0 amide bonds. The van der Waals surface area contributed by atoms with Crippen molar-refractivity contribution in [3.05, 3.63) is 34.1 Å². The lowest BCUT2D eigenvalue weighted by Crippen LogP contribution is -2.23. The van der Waals surface area contributed by atoms with Crippen LogP contribution < -0.4 is 14.5 Å². The molecule has 1 aliphatic rings. The van der Waals surface area contributed by atoms with Crippen LogP contribution in [0, 0.1) is 5.92 Å². The molecule has 0 saturated heterocycles. The number of benzene rings is 1. The number of aromatic hydroxyl groups is 1. The third-order valence-electron chi connectivity index (χ3n) is 4.15. The van der Waals surface area contributed by atoms with E-state index in [1.807, 2.05) is 6.92 Å². The molecule has 1 heterocycles. The Hall–Kier alpha value is -2.15. The number of aryl methyl sites for hydroxylation is 2. The SMILES string of the molecule is CCc1cc(O)ccc1-c1c(OS)c(OCC2CC2)nn(C)c1=O. The van der Waals surface area contributed by atoms with Crippen molar-refractivity contribution in [2.24, 2.45) is 13.0 Å². The lowest BCUT2D eigenvalue weighted by atomic mass is 9.98. The maximum absolute atomic E-state index is 12.7. The molecule has 1 fully saturated rings. The van der Waals surface area contributed by atoms with Crippen molar-refractivity contribution in [1.29, 1.82) is 0 Å². The Labute approximate surface area is 145 Å². The standard InChI is InChI=1S/C17H20N2O4S/c1-3-11-8-12(20)6-7-13(11)14-15(23-24)16(18-19(2)17(14)21)22-9-10-4-5-10/h6-8,10,20,24H,3-5,9H2,1-2H3. The van der Waals surface area contributed by atoms with Crippen LogP contribution in [-0.2, 0) is 13.5 Å². The Kier molecular flexibility index (Phi) is 4.71. The Morgan fingerprint density at radius 3 is 2.79 bits per heavy atom. The summed E-state index contributed by atoms with van der Waals surface area (Å²) in [6.45, 7) is 2.50. The van der Waals surface area contributed by atoms with Crippen LogP contribution >= 0.6 is 12.9 Å². The zero-order chi connectivity index (χ0) is 17.3. The minimum Gasteiger partial charge on any atom is -0.508 e. The molecular formula is C17H20N2O4S. The van der Waals surface area contributed by atoms with Gasteiger partial charge in [0.05, 0.1) is 12.2 Å². The minimum atomic E-state index is -0.307. The number of hydrogen-bond acceptors (Lipinski definition) is 6. The van der Waals surface area contributed by atoms with E-state index in [1.54, 1.807) is 25.2 Å². The van der Waals surface area contributed by atoms with Crippen LogP contribution in [0.5, 0.6) is 17.4 Å². The van der Waals surface area contributed by atoms with E-state index in [1.165, 1.54) is 4.68 Å². The lowest BCUT2D eigenvalue weighted by molar-refractivity contribution is 0.273. The highest BCUT2D eigenvalue weighted by Crippen LogP contribution is 2.38. The average molecular weight is 348 g/mol. The highest BCUT2D eigenvalue weighted by atomic mass is 32.1. The third kappa shape index (κ3) is 3.21. The normalized spacial score (nSPS) is 13.8. The van der Waals surface area contributed by atoms with Gasteiger partial charge in [-0.3, -0.25) is 4.79 Å². The average Bonchev–Trinajstić information content (AvgIpc) is 3.40. The van der Waals surface area contributed by atoms with E-state index >= 15 is 0 Å². The fourth-order valence-electron chi connectivity index (χ4n) is 2.61. The van der Waals surface area contributed by atoms with Crippen LogP contribution in [-0.4, -0.2) is 21.5 Å². The van der Waals surface area contributed by atoms with Crippen LogP contribution in [0.15, 0.2) is 23.0 Å². The first-order valence-corrected chi connectivity index (χ1v) is 8.29. The van der Waals surface area contributed by atoms with Gasteiger partial charge < -0.3 is 14.0 Å². The molecule has 1 N–H and O–H groups in total. The van der Waals surface area contributed by atoms with Gasteiger partial charge in [-0.15, -0.1) is 5.10 Å².